The normalized spacial score (nSPS) is 32.4. The Bertz CT molecular complexity index is 1050. The van der Waals surface area contributed by atoms with Crippen LogP contribution in [0.3, 0.4) is 0 Å². The standard InChI is InChI=1S/C21H18ClFN2O4/c1-9-19(27)25-8-13(20(28)29)16-11-4-10(26)5-15(23)17(11)14(22)7-24-6-12(16)18(25)21(9)2-3-21/h4-5,7,9,13,18H,2-3,6,8H2,1H3,(H,28,29). The minimum Gasteiger partial charge on any atom is -0.481 e. The molecule has 1 saturated carbocycles. The molecule has 2 aliphatic carbocycles. The lowest BCUT2D eigenvalue weighted by Crippen LogP contribution is -2.49. The molecule has 1 amide bonds. The van der Waals surface area contributed by atoms with Gasteiger partial charge < -0.3 is 10.0 Å². The quantitative estimate of drug-likeness (QED) is 0.711. The number of nitrogens with zero attached hydrogens (tertiary/aromatic N) is 2. The van der Waals surface area contributed by atoms with Gasteiger partial charge in [0, 0.05) is 35.7 Å². The van der Waals surface area contributed by atoms with Crippen LogP contribution in [0.5, 0.6) is 0 Å². The summed E-state index contributed by atoms with van der Waals surface area (Å²) in [5, 5.41) is 9.99. The number of carbonyl (C=O) groups excluding carboxylic acids is 2. The van der Waals surface area contributed by atoms with Gasteiger partial charge in [0.2, 0.25) is 5.91 Å². The molecule has 0 radical (unpaired) electrons. The van der Waals surface area contributed by atoms with Gasteiger partial charge in [0.1, 0.15) is 5.83 Å². The topological polar surface area (TPSA) is 87.0 Å². The van der Waals surface area contributed by atoms with Gasteiger partial charge in [-0.25, -0.2) is 4.39 Å². The molecule has 3 unspecified atom stereocenters. The van der Waals surface area contributed by atoms with E-state index in [2.05, 4.69) is 4.99 Å². The van der Waals surface area contributed by atoms with Gasteiger partial charge in [0.15, 0.2) is 5.78 Å². The molecule has 0 aromatic heterocycles. The highest BCUT2D eigenvalue weighted by molar-refractivity contribution is 6.40. The van der Waals surface area contributed by atoms with Crippen LogP contribution in [0, 0.1) is 17.3 Å². The van der Waals surface area contributed by atoms with Crippen molar-refractivity contribution in [3.63, 3.8) is 0 Å². The SMILES string of the molecule is CC1C(=O)N2CC(C(=O)O)C3=C(CN=CC(Cl)=C4C(F)=CC(=O)C=C43)C2C12CC2. The van der Waals surface area contributed by atoms with Gasteiger partial charge in [-0.3, -0.25) is 19.4 Å². The number of aliphatic carboxylic acids is 1. The molecule has 150 valence electrons. The molecule has 1 N–H and O–H groups in total. The second-order valence-electron chi connectivity index (χ2n) is 8.32. The van der Waals surface area contributed by atoms with E-state index in [1.807, 2.05) is 6.92 Å². The third kappa shape index (κ3) is 2.40. The van der Waals surface area contributed by atoms with Crippen molar-refractivity contribution in [1.29, 1.82) is 0 Å². The minimum atomic E-state index is -1.13. The zero-order chi connectivity index (χ0) is 20.7. The molecule has 0 aromatic carbocycles. The number of ketones is 1. The summed E-state index contributed by atoms with van der Waals surface area (Å²) in [7, 11) is 0. The second kappa shape index (κ2) is 5.98. The zero-order valence-electron chi connectivity index (χ0n) is 15.6. The Morgan fingerprint density at radius 3 is 2.72 bits per heavy atom. The number of fused-ring (bicyclic) bond motifs is 5. The fourth-order valence-electron chi connectivity index (χ4n) is 5.47. The molecule has 5 aliphatic rings. The Balaban J connectivity index is 1.80. The molecule has 3 atom stereocenters. The van der Waals surface area contributed by atoms with Crippen LogP contribution in [0.2, 0.25) is 0 Å². The smallest absolute Gasteiger partial charge is 0.312 e. The summed E-state index contributed by atoms with van der Waals surface area (Å²) in [6, 6.07) is -0.282. The van der Waals surface area contributed by atoms with E-state index in [-0.39, 0.29) is 52.5 Å². The highest BCUT2D eigenvalue weighted by atomic mass is 35.5. The van der Waals surface area contributed by atoms with Crippen molar-refractivity contribution in [2.75, 3.05) is 13.1 Å². The summed E-state index contributed by atoms with van der Waals surface area (Å²) in [5.74, 6) is -3.83. The van der Waals surface area contributed by atoms with Gasteiger partial charge >= 0.3 is 5.97 Å². The van der Waals surface area contributed by atoms with Crippen LogP contribution in [0.25, 0.3) is 0 Å². The number of hydrogen-bond acceptors (Lipinski definition) is 4. The van der Waals surface area contributed by atoms with Gasteiger partial charge in [-0.1, -0.05) is 18.5 Å². The lowest BCUT2D eigenvalue weighted by Gasteiger charge is -2.41. The first-order chi connectivity index (χ1) is 13.8. The van der Waals surface area contributed by atoms with Gasteiger partial charge in [-0.15, -0.1) is 0 Å². The van der Waals surface area contributed by atoms with Crippen LogP contribution in [-0.4, -0.2) is 53.0 Å². The van der Waals surface area contributed by atoms with E-state index in [9.17, 15) is 23.9 Å². The predicted molar refractivity (Wildman–Crippen MR) is 103 cm³/mol. The molecular formula is C21H18ClFN2O4. The summed E-state index contributed by atoms with van der Waals surface area (Å²) >= 11 is 6.26. The van der Waals surface area contributed by atoms with Crippen LogP contribution in [0.15, 0.2) is 50.3 Å². The van der Waals surface area contributed by atoms with Crippen LogP contribution in [-0.2, 0) is 14.4 Å². The van der Waals surface area contributed by atoms with Crippen molar-refractivity contribution in [2.45, 2.75) is 25.8 Å². The molecule has 3 aliphatic heterocycles. The Morgan fingerprint density at radius 2 is 2.07 bits per heavy atom. The molecule has 1 saturated heterocycles. The second-order valence-corrected chi connectivity index (χ2v) is 8.73. The van der Waals surface area contributed by atoms with Crippen molar-refractivity contribution in [2.24, 2.45) is 22.2 Å². The maximum Gasteiger partial charge on any atom is 0.312 e. The maximum atomic E-state index is 14.7. The van der Waals surface area contributed by atoms with Crippen LogP contribution >= 0.6 is 11.6 Å². The fraction of sp³-hybridized carbons (Fsp3) is 0.429. The summed E-state index contributed by atoms with van der Waals surface area (Å²) in [5.41, 5.74) is 1.02. The summed E-state index contributed by atoms with van der Waals surface area (Å²) in [6.07, 6.45) is 5.17. The number of carbonyl (C=O) groups is 3. The Labute approximate surface area is 171 Å². The monoisotopic (exact) mass is 416 g/mol. The zero-order valence-corrected chi connectivity index (χ0v) is 16.4. The van der Waals surface area contributed by atoms with E-state index in [1.165, 1.54) is 12.3 Å². The van der Waals surface area contributed by atoms with Crippen molar-refractivity contribution in [3.05, 3.63) is 45.3 Å². The molecule has 5 rings (SSSR count). The Kier molecular flexibility index (Phi) is 3.81. The number of hydrogen-bond donors (Lipinski definition) is 1. The third-order valence-corrected chi connectivity index (χ3v) is 7.25. The summed E-state index contributed by atoms with van der Waals surface area (Å²) < 4.78 is 14.7. The number of amides is 1. The minimum absolute atomic E-state index is 0.00473. The number of halogens is 2. The number of allylic oxidation sites excluding steroid dienone is 6. The molecule has 6 nitrogen and oxygen atoms in total. The van der Waals surface area contributed by atoms with E-state index >= 15 is 0 Å². The van der Waals surface area contributed by atoms with Gasteiger partial charge in [-0.2, -0.15) is 0 Å². The number of carboxylic acids is 1. The Morgan fingerprint density at radius 1 is 1.34 bits per heavy atom. The molecule has 3 heterocycles. The first kappa shape index (κ1) is 18.5. The first-order valence-corrected chi connectivity index (χ1v) is 9.94. The molecule has 2 fully saturated rings. The predicted octanol–water partition coefficient (Wildman–Crippen LogP) is 2.56. The molecule has 29 heavy (non-hydrogen) atoms. The van der Waals surface area contributed by atoms with Crippen molar-refractivity contribution < 1.29 is 23.9 Å². The molecular weight excluding hydrogens is 399 g/mol. The van der Waals surface area contributed by atoms with Crippen molar-refractivity contribution >= 4 is 35.5 Å². The maximum absolute atomic E-state index is 14.7. The van der Waals surface area contributed by atoms with E-state index < -0.39 is 23.5 Å². The van der Waals surface area contributed by atoms with Gasteiger partial charge in [0.25, 0.3) is 0 Å². The lowest BCUT2D eigenvalue weighted by molar-refractivity contribution is -0.142. The molecule has 0 bridgehead atoms. The number of aliphatic imine (C=N–C) groups is 1. The van der Waals surface area contributed by atoms with E-state index in [0.29, 0.717) is 11.1 Å². The molecule has 1 spiro atoms. The average molecular weight is 417 g/mol. The lowest BCUT2D eigenvalue weighted by atomic mass is 9.73. The highest BCUT2D eigenvalue weighted by Gasteiger charge is 2.66. The van der Waals surface area contributed by atoms with Gasteiger partial charge in [-0.05, 0) is 35.6 Å². The third-order valence-electron chi connectivity index (χ3n) is 6.96. The van der Waals surface area contributed by atoms with Gasteiger partial charge in [0.05, 0.1) is 23.5 Å². The fourth-order valence-corrected chi connectivity index (χ4v) is 5.73. The molecule has 8 heteroatoms. The average Bonchev–Trinajstić information content (AvgIpc) is 3.41. The Hall–Kier alpha value is -2.54. The van der Waals surface area contributed by atoms with E-state index in [0.717, 1.165) is 18.9 Å². The van der Waals surface area contributed by atoms with Crippen LogP contribution in [0.1, 0.15) is 19.8 Å². The highest BCUT2D eigenvalue weighted by Crippen LogP contribution is 2.64. The molecule has 0 aromatic rings. The van der Waals surface area contributed by atoms with Crippen molar-refractivity contribution in [3.8, 4) is 0 Å². The van der Waals surface area contributed by atoms with Crippen LogP contribution < -0.4 is 0 Å². The summed E-state index contributed by atoms with van der Waals surface area (Å²) in [6.45, 7) is 2.04. The summed E-state index contributed by atoms with van der Waals surface area (Å²) in [4.78, 5) is 43.3. The number of carboxylic acid groups (broad SMARTS) is 1. The van der Waals surface area contributed by atoms with E-state index in [1.54, 1.807) is 4.90 Å². The van der Waals surface area contributed by atoms with Crippen LogP contribution in [0.4, 0.5) is 4.39 Å². The largest absolute Gasteiger partial charge is 0.481 e. The van der Waals surface area contributed by atoms with E-state index in [4.69, 9.17) is 11.6 Å². The number of rotatable bonds is 1. The first-order valence-electron chi connectivity index (χ1n) is 9.56. The van der Waals surface area contributed by atoms with Crippen molar-refractivity contribution in [1.82, 2.24) is 4.90 Å².